The highest BCUT2D eigenvalue weighted by Gasteiger charge is 2.74. The molecule has 4 saturated heterocycles. The molecule has 24 nitrogen and oxygen atoms in total. The van der Waals surface area contributed by atoms with E-state index in [1.165, 1.54) is 7.11 Å². The van der Waals surface area contributed by atoms with Gasteiger partial charge in [-0.25, -0.2) is 0 Å². The first-order chi connectivity index (χ1) is 45.8. The van der Waals surface area contributed by atoms with Crippen molar-refractivity contribution in [3.05, 3.63) is 0 Å². The van der Waals surface area contributed by atoms with E-state index in [0.29, 0.717) is 51.4 Å². The lowest BCUT2D eigenvalue weighted by Gasteiger charge is -2.35. The van der Waals surface area contributed by atoms with Crippen molar-refractivity contribution in [2.45, 2.75) is 261 Å². The lowest BCUT2D eigenvalue weighted by atomic mass is 9.78. The van der Waals surface area contributed by atoms with Crippen molar-refractivity contribution in [1.29, 1.82) is 0 Å². The Morgan fingerprint density at radius 2 is 0.673 bits per heavy atom. The van der Waals surface area contributed by atoms with Crippen molar-refractivity contribution in [1.82, 2.24) is 0 Å². The summed E-state index contributed by atoms with van der Waals surface area (Å²) in [6.07, 6.45) is 6.22. The van der Waals surface area contributed by atoms with Gasteiger partial charge < -0.3 is 56.8 Å². The van der Waals surface area contributed by atoms with Gasteiger partial charge >= 0.3 is 71.6 Å². The van der Waals surface area contributed by atoms with Gasteiger partial charge in [0.2, 0.25) is 0 Å². The van der Waals surface area contributed by atoms with E-state index in [2.05, 4.69) is 6.92 Å². The van der Waals surface area contributed by atoms with Gasteiger partial charge in [0.15, 0.2) is 0 Å². The number of hydrogen-bond acceptors (Lipinski definition) is 24. The van der Waals surface area contributed by atoms with Crippen LogP contribution in [-0.2, 0) is 114 Å². The molecule has 4 heterocycles. The van der Waals surface area contributed by atoms with E-state index in [9.17, 15) is 57.5 Å². The van der Waals surface area contributed by atoms with Crippen LogP contribution in [0.2, 0.25) is 0 Å². The Bertz CT molecular complexity index is 3160. The van der Waals surface area contributed by atoms with Gasteiger partial charge in [0, 0.05) is 47.3 Å². The van der Waals surface area contributed by atoms with Crippen molar-refractivity contribution in [2.75, 3.05) is 13.7 Å². The van der Waals surface area contributed by atoms with Crippen LogP contribution in [-0.4, -0.2) is 145 Å². The second kappa shape index (κ2) is 27.2. The monoisotopic (exact) mass is 1380 g/mol. The van der Waals surface area contributed by atoms with E-state index in [-0.39, 0.29) is 114 Å². The molecular weight excluding hydrogens is 1270 g/mol. The number of rotatable bonds is 19. The van der Waals surface area contributed by atoms with Crippen molar-refractivity contribution in [3.8, 4) is 0 Å². The highest BCUT2D eigenvalue weighted by Crippen LogP contribution is 2.63. The molecule has 0 aromatic rings. The maximum Gasteiger partial charge on any atom is 0.311 e. The van der Waals surface area contributed by atoms with E-state index < -0.39 is 141 Å². The minimum Gasteiger partial charge on any atom is -0.469 e. The minimum atomic E-state index is -0.628. The molecule has 0 aromatic carbocycles. The molecule has 0 aromatic heterocycles. The molecule has 8 bridgehead atoms. The molecule has 98 heavy (non-hydrogen) atoms. The zero-order chi connectivity index (χ0) is 72.2. The number of hydrogen-bond donors (Lipinski definition) is 0. The molecule has 0 radical (unpaired) electrons. The van der Waals surface area contributed by atoms with Crippen LogP contribution in [0, 0.1) is 116 Å². The number of carbonyl (C=O) groups excluding carboxylic acids is 12. The van der Waals surface area contributed by atoms with Crippen molar-refractivity contribution < 1.29 is 114 Å². The van der Waals surface area contributed by atoms with Gasteiger partial charge in [0.05, 0.1) is 82.7 Å². The summed E-state index contributed by atoms with van der Waals surface area (Å²) < 4.78 is 66.5. The van der Waals surface area contributed by atoms with Crippen LogP contribution in [0.4, 0.5) is 0 Å². The maximum atomic E-state index is 13.2. The third kappa shape index (κ3) is 13.0. The van der Waals surface area contributed by atoms with E-state index in [4.69, 9.17) is 56.8 Å². The number of methoxy groups -OCH3 is 1. The normalized spacial score (nSPS) is 37.6. The highest BCUT2D eigenvalue weighted by atomic mass is 16.6. The molecule has 24 heteroatoms. The first kappa shape index (κ1) is 74.3. The Hall–Kier alpha value is -6.36. The topological polar surface area (TPSA) is 316 Å². The van der Waals surface area contributed by atoms with Crippen molar-refractivity contribution >= 4 is 71.6 Å². The van der Waals surface area contributed by atoms with Gasteiger partial charge in [0.1, 0.15) is 60.0 Å². The van der Waals surface area contributed by atoms with Crippen LogP contribution in [0.15, 0.2) is 0 Å². The van der Waals surface area contributed by atoms with Crippen LogP contribution < -0.4 is 0 Å². The minimum absolute atomic E-state index is 0.0376. The van der Waals surface area contributed by atoms with E-state index >= 15 is 0 Å². The largest absolute Gasteiger partial charge is 0.469 e. The molecule has 24 unspecified atom stereocenters. The summed E-state index contributed by atoms with van der Waals surface area (Å²) in [5.41, 5.74) is -3.41. The Morgan fingerprint density at radius 1 is 0.398 bits per heavy atom. The first-order valence-corrected chi connectivity index (χ1v) is 36.2. The molecule has 13 fully saturated rings. The summed E-state index contributed by atoms with van der Waals surface area (Å²) in [6.45, 7) is 31.8. The van der Waals surface area contributed by atoms with Crippen molar-refractivity contribution in [2.24, 2.45) is 116 Å². The number of ether oxygens (including phenoxy) is 12. The van der Waals surface area contributed by atoms with Crippen LogP contribution in [0.1, 0.15) is 201 Å². The fraction of sp³-hybridized carbons (Fsp3) is 0.838. The summed E-state index contributed by atoms with van der Waals surface area (Å²) >= 11 is 0. The van der Waals surface area contributed by atoms with Gasteiger partial charge in [-0.1, -0.05) is 34.6 Å². The zero-order valence-electron chi connectivity index (χ0n) is 60.6. The summed E-state index contributed by atoms with van der Waals surface area (Å²) in [5, 5.41) is 0. The van der Waals surface area contributed by atoms with Crippen LogP contribution in [0.25, 0.3) is 0 Å². The smallest absolute Gasteiger partial charge is 0.311 e. The molecule has 546 valence electrons. The molecular formula is C74H106O24. The molecule has 9 aliphatic carbocycles. The quantitative estimate of drug-likeness (QED) is 0.0860. The van der Waals surface area contributed by atoms with Crippen LogP contribution >= 0.6 is 0 Å². The molecule has 24 atom stereocenters. The second-order valence-electron chi connectivity index (χ2n) is 33.5. The standard InChI is InChI=1S/C22H32O6.C19H28O6.C17H24O6.C16H22O6/c1-5-21(3,4)20(25)27-17-13-11-12-14(18(23)26-16(12)17)15(13)19(24)28-22(6-2)9-7-8-10-22;1-7-19(5,6)17(22)24-14-10-8-9-11(15(20)23-13(9)14)12(10)16(21)25-18(2,3)4;1-5-17(3,4)16(20)23-13-8-7-9-11(15(19)22-12(9)13)10(8)14(18)21-6-2;1-5-16(2,3)15(19)22-12-7-6-8-10(9(7)13(17)20-4)14(18)21-11(8)12/h12-17H,5-11H2,1-4H3;9-14H,7-8H2,1-6H3;8-13H,5-7H2,1-4H3;7-12H,5-6H2,1-4H3. The third-order valence-electron chi connectivity index (χ3n) is 25.4. The fourth-order valence-corrected chi connectivity index (χ4v) is 18.2. The van der Waals surface area contributed by atoms with Gasteiger partial charge in [-0.2, -0.15) is 0 Å². The summed E-state index contributed by atoms with van der Waals surface area (Å²) in [6, 6.07) is 0. The molecule has 0 spiro atoms. The first-order valence-electron chi connectivity index (χ1n) is 36.2. The zero-order valence-corrected chi connectivity index (χ0v) is 60.6. The van der Waals surface area contributed by atoms with Gasteiger partial charge in [0.25, 0.3) is 0 Å². The van der Waals surface area contributed by atoms with E-state index in [1.54, 1.807) is 27.7 Å². The summed E-state index contributed by atoms with van der Waals surface area (Å²) in [4.78, 5) is 149. The van der Waals surface area contributed by atoms with E-state index in [1.807, 2.05) is 83.1 Å². The highest BCUT2D eigenvalue weighted by molar-refractivity contribution is 5.90. The Balaban J connectivity index is 0.000000142. The lowest BCUT2D eigenvalue weighted by molar-refractivity contribution is -0.178. The summed E-state index contributed by atoms with van der Waals surface area (Å²) in [5.74, 6) is -9.04. The van der Waals surface area contributed by atoms with Gasteiger partial charge in [-0.05, 0) is 167 Å². The second-order valence-corrected chi connectivity index (χ2v) is 33.5. The molecule has 4 aliphatic heterocycles. The fourth-order valence-electron chi connectivity index (χ4n) is 18.2. The Labute approximate surface area is 575 Å². The SMILES string of the molecule is CCC(C)(C)C(=O)OC1C2CC3C1OC(=O)C3C2C(=O)OC.CCC(C)(C)C(=O)OC1C2CC3C1OC(=O)C3C2C(=O)OC(C)(C)C.CCC1(OC(=O)C2C3CC4C(OC(=O)C42)C3OC(=O)C(C)(C)CC)CCCC1.CCOC(=O)C1C2CC3C(OC(=O)C31)C2OC(=O)C(C)(C)CC. The average molecular weight is 1380 g/mol. The van der Waals surface area contributed by atoms with Gasteiger partial charge in [-0.15, -0.1) is 0 Å². The maximum absolute atomic E-state index is 13.2. The lowest BCUT2D eigenvalue weighted by Crippen LogP contribution is -2.46. The predicted octanol–water partition coefficient (Wildman–Crippen LogP) is 8.91. The molecule has 0 N–H and O–H groups in total. The van der Waals surface area contributed by atoms with Crippen LogP contribution in [0.5, 0.6) is 0 Å². The molecule has 13 aliphatic rings. The third-order valence-corrected chi connectivity index (χ3v) is 25.4. The number of carbonyl (C=O) groups is 12. The van der Waals surface area contributed by atoms with Gasteiger partial charge in [-0.3, -0.25) is 57.5 Å². The average Bonchev–Trinajstić information content (AvgIpc) is 1.58. The van der Waals surface area contributed by atoms with Crippen molar-refractivity contribution in [3.63, 3.8) is 0 Å². The number of esters is 12. The Morgan fingerprint density at radius 3 is 0.929 bits per heavy atom. The molecule has 9 saturated carbocycles. The van der Waals surface area contributed by atoms with E-state index in [0.717, 1.165) is 32.1 Å². The van der Waals surface area contributed by atoms with Crippen LogP contribution in [0.3, 0.4) is 0 Å². The molecule has 13 rings (SSSR count). The molecule has 0 amide bonds. The number of fused-ring (bicyclic) bond motifs is 4. The predicted molar refractivity (Wildman–Crippen MR) is 342 cm³/mol. The Kier molecular flexibility index (Phi) is 20.6. The summed E-state index contributed by atoms with van der Waals surface area (Å²) in [7, 11) is 1.31.